The van der Waals surface area contributed by atoms with Crippen LogP contribution in [0.5, 0.6) is 11.6 Å². The lowest BCUT2D eigenvalue weighted by molar-refractivity contribution is -0.138. The Labute approximate surface area is 244 Å². The summed E-state index contributed by atoms with van der Waals surface area (Å²) in [4.78, 5) is 38.4. The molecule has 0 spiro atoms. The van der Waals surface area contributed by atoms with E-state index in [4.69, 9.17) is 4.74 Å². The minimum atomic E-state index is -4.81. The first kappa shape index (κ1) is 29.3. The van der Waals surface area contributed by atoms with Crippen LogP contribution in [0.4, 0.5) is 18.9 Å². The van der Waals surface area contributed by atoms with Crippen LogP contribution in [0.3, 0.4) is 0 Å². The minimum absolute atomic E-state index is 0.0724. The molecule has 3 aromatic carbocycles. The summed E-state index contributed by atoms with van der Waals surface area (Å²) >= 11 is 0. The number of rotatable bonds is 8. The summed E-state index contributed by atoms with van der Waals surface area (Å²) < 4.78 is 47.8. The highest BCUT2D eigenvalue weighted by Crippen LogP contribution is 2.39. The Hall–Kier alpha value is -5.19. The summed E-state index contributed by atoms with van der Waals surface area (Å²) in [6.07, 6.45) is -3.48. The minimum Gasteiger partial charge on any atom is -0.478 e. The topological polar surface area (TPSA) is 108 Å². The van der Waals surface area contributed by atoms with Gasteiger partial charge in [-0.1, -0.05) is 29.8 Å². The summed E-state index contributed by atoms with van der Waals surface area (Å²) in [5, 5.41) is 9.99. The van der Waals surface area contributed by atoms with Gasteiger partial charge in [-0.25, -0.2) is 14.8 Å². The van der Waals surface area contributed by atoms with Crippen molar-refractivity contribution in [1.29, 1.82) is 0 Å². The number of pyridine rings is 1. The molecule has 2 aromatic heterocycles. The van der Waals surface area contributed by atoms with E-state index < -0.39 is 35.5 Å². The SMILES string of the molecule is Cc1ccc(C(=O)N(c2ccc(Oc3ncc(Cc4nc5ccccc5[nH]4)cc3C(F)(F)F)cc2C(=O)O)C(C)C)cc1. The van der Waals surface area contributed by atoms with Gasteiger partial charge >= 0.3 is 12.1 Å². The first-order chi connectivity index (χ1) is 20.4. The van der Waals surface area contributed by atoms with E-state index >= 15 is 0 Å². The third-order valence-corrected chi connectivity index (χ3v) is 6.73. The average Bonchev–Trinajstić information content (AvgIpc) is 3.36. The van der Waals surface area contributed by atoms with Crippen molar-refractivity contribution >= 4 is 28.6 Å². The van der Waals surface area contributed by atoms with Crippen molar-refractivity contribution in [3.05, 3.63) is 113 Å². The van der Waals surface area contributed by atoms with Crippen molar-refractivity contribution in [3.63, 3.8) is 0 Å². The standard InChI is InChI=1S/C32H27F3N4O4/c1-18(2)39(30(40)21-10-8-19(3)9-11-21)27-13-12-22(16-23(27)31(41)42)43-29-24(32(33,34)35)14-20(17-36-29)15-28-37-25-6-4-5-7-26(25)38-28/h4-14,16-18H,15H2,1-3H3,(H,37,38)(H,41,42). The van der Waals surface area contributed by atoms with Crippen molar-refractivity contribution in [3.8, 4) is 11.6 Å². The van der Waals surface area contributed by atoms with Crippen LogP contribution in [0.15, 0.2) is 79.0 Å². The number of aromatic nitrogens is 3. The molecule has 0 fully saturated rings. The lowest BCUT2D eigenvalue weighted by atomic mass is 10.1. The van der Waals surface area contributed by atoms with Crippen molar-refractivity contribution in [2.24, 2.45) is 0 Å². The second-order valence-electron chi connectivity index (χ2n) is 10.3. The molecule has 1 amide bonds. The zero-order chi connectivity index (χ0) is 30.9. The normalized spacial score (nSPS) is 11.6. The zero-order valence-corrected chi connectivity index (χ0v) is 23.4. The van der Waals surface area contributed by atoms with Gasteiger partial charge in [0.05, 0.1) is 22.3 Å². The number of para-hydroxylation sites is 2. The van der Waals surface area contributed by atoms with Gasteiger partial charge in [0, 0.05) is 24.2 Å². The van der Waals surface area contributed by atoms with E-state index in [1.807, 2.05) is 25.1 Å². The van der Waals surface area contributed by atoms with Crippen molar-refractivity contribution in [2.45, 2.75) is 39.4 Å². The van der Waals surface area contributed by atoms with Gasteiger partial charge in [-0.05, 0) is 74.9 Å². The number of hydrogen-bond donors (Lipinski definition) is 2. The van der Waals surface area contributed by atoms with Crippen LogP contribution in [0.25, 0.3) is 11.0 Å². The molecule has 8 nitrogen and oxygen atoms in total. The highest BCUT2D eigenvalue weighted by molar-refractivity contribution is 6.09. The van der Waals surface area contributed by atoms with E-state index in [1.165, 1.54) is 23.2 Å². The molecular formula is C32H27F3N4O4. The Kier molecular flexibility index (Phi) is 7.90. The number of carboxylic acids is 1. The number of carbonyl (C=O) groups excluding carboxylic acids is 1. The fourth-order valence-corrected chi connectivity index (χ4v) is 4.69. The molecule has 0 radical (unpaired) electrons. The molecule has 5 rings (SSSR count). The predicted octanol–water partition coefficient (Wildman–Crippen LogP) is 7.42. The van der Waals surface area contributed by atoms with Crippen molar-refractivity contribution in [2.75, 3.05) is 4.90 Å². The molecule has 220 valence electrons. The number of aromatic carboxylic acids is 1. The number of imidazole rings is 1. The van der Waals surface area contributed by atoms with Crippen LogP contribution < -0.4 is 9.64 Å². The molecule has 2 heterocycles. The summed E-state index contributed by atoms with van der Waals surface area (Å²) in [5.74, 6) is -2.25. The number of alkyl halides is 3. The monoisotopic (exact) mass is 588 g/mol. The fourth-order valence-electron chi connectivity index (χ4n) is 4.69. The predicted molar refractivity (Wildman–Crippen MR) is 155 cm³/mol. The molecule has 0 bridgehead atoms. The van der Waals surface area contributed by atoms with Gasteiger partial charge in [-0.3, -0.25) is 4.79 Å². The third-order valence-electron chi connectivity index (χ3n) is 6.73. The van der Waals surface area contributed by atoms with Gasteiger partial charge in [0.2, 0.25) is 5.88 Å². The molecule has 11 heteroatoms. The summed E-state index contributed by atoms with van der Waals surface area (Å²) in [6.45, 7) is 5.34. The van der Waals surface area contributed by atoms with Crippen LogP contribution >= 0.6 is 0 Å². The van der Waals surface area contributed by atoms with Crippen LogP contribution in [-0.4, -0.2) is 38.0 Å². The number of H-pyrrole nitrogens is 1. The van der Waals surface area contributed by atoms with Gasteiger partial charge in [0.1, 0.15) is 17.1 Å². The average molecular weight is 589 g/mol. The van der Waals surface area contributed by atoms with Crippen molar-refractivity contribution < 1.29 is 32.6 Å². The Morgan fingerprint density at radius 2 is 1.74 bits per heavy atom. The van der Waals surface area contributed by atoms with Gasteiger partial charge in [0.15, 0.2) is 0 Å². The Bertz CT molecular complexity index is 1780. The highest BCUT2D eigenvalue weighted by Gasteiger charge is 2.36. The molecular weight excluding hydrogens is 561 g/mol. The molecule has 0 saturated heterocycles. The number of halogens is 3. The van der Waals surface area contributed by atoms with Gasteiger partial charge < -0.3 is 19.7 Å². The van der Waals surface area contributed by atoms with Crippen LogP contribution in [0, 0.1) is 6.92 Å². The summed E-state index contributed by atoms with van der Waals surface area (Å²) in [6, 6.07) is 18.3. The second-order valence-corrected chi connectivity index (χ2v) is 10.3. The van der Waals surface area contributed by atoms with E-state index in [9.17, 15) is 27.9 Å². The zero-order valence-electron chi connectivity index (χ0n) is 23.4. The Morgan fingerprint density at radius 1 is 1.02 bits per heavy atom. The van der Waals surface area contributed by atoms with E-state index in [2.05, 4.69) is 15.0 Å². The number of benzene rings is 3. The number of aromatic amines is 1. The number of nitrogens with one attached hydrogen (secondary N) is 1. The number of fused-ring (bicyclic) bond motifs is 1. The van der Waals surface area contributed by atoms with E-state index in [-0.39, 0.29) is 29.0 Å². The number of amides is 1. The van der Waals surface area contributed by atoms with E-state index in [0.29, 0.717) is 16.9 Å². The molecule has 0 atom stereocenters. The number of aryl methyl sites for hydroxylation is 1. The number of carbonyl (C=O) groups is 2. The van der Waals surface area contributed by atoms with Crippen LogP contribution in [0.1, 0.15) is 57.1 Å². The third kappa shape index (κ3) is 6.35. The first-order valence-electron chi connectivity index (χ1n) is 13.4. The van der Waals surface area contributed by atoms with Gasteiger partial charge in [-0.15, -0.1) is 0 Å². The number of ether oxygens (including phenoxy) is 1. The smallest absolute Gasteiger partial charge is 0.421 e. The first-order valence-corrected chi connectivity index (χ1v) is 13.4. The fraction of sp³-hybridized carbons (Fsp3) is 0.188. The van der Waals surface area contributed by atoms with Crippen LogP contribution in [-0.2, 0) is 12.6 Å². The largest absolute Gasteiger partial charge is 0.478 e. The molecule has 0 saturated carbocycles. The molecule has 0 aliphatic rings. The van der Waals surface area contributed by atoms with Crippen molar-refractivity contribution in [1.82, 2.24) is 15.0 Å². The molecule has 5 aromatic rings. The molecule has 0 unspecified atom stereocenters. The number of anilines is 1. The van der Waals surface area contributed by atoms with Crippen LogP contribution in [0.2, 0.25) is 0 Å². The number of nitrogens with zero attached hydrogens (tertiary/aromatic N) is 3. The molecule has 2 N–H and O–H groups in total. The molecule has 43 heavy (non-hydrogen) atoms. The summed E-state index contributed by atoms with van der Waals surface area (Å²) in [5.41, 5.74) is 1.65. The maximum Gasteiger partial charge on any atom is 0.421 e. The maximum absolute atomic E-state index is 14.1. The highest BCUT2D eigenvalue weighted by atomic mass is 19.4. The quantitative estimate of drug-likeness (QED) is 0.195. The van der Waals surface area contributed by atoms with E-state index in [1.54, 1.807) is 44.2 Å². The number of hydrogen-bond acceptors (Lipinski definition) is 5. The number of carboxylic acid groups (broad SMARTS) is 1. The lowest BCUT2D eigenvalue weighted by Crippen LogP contribution is -2.38. The summed E-state index contributed by atoms with van der Waals surface area (Å²) in [7, 11) is 0. The molecule has 0 aliphatic carbocycles. The van der Waals surface area contributed by atoms with Gasteiger partial charge in [0.25, 0.3) is 5.91 Å². The lowest BCUT2D eigenvalue weighted by Gasteiger charge is -2.28. The second kappa shape index (κ2) is 11.6. The Balaban J connectivity index is 1.46. The van der Waals surface area contributed by atoms with E-state index in [0.717, 1.165) is 23.2 Å². The Morgan fingerprint density at radius 3 is 2.40 bits per heavy atom. The molecule has 0 aliphatic heterocycles. The van der Waals surface area contributed by atoms with Gasteiger partial charge in [-0.2, -0.15) is 13.2 Å². The maximum atomic E-state index is 14.1.